The van der Waals surface area contributed by atoms with Gasteiger partial charge in [-0.15, -0.1) is 0 Å². The predicted octanol–water partition coefficient (Wildman–Crippen LogP) is 1.87. The Labute approximate surface area is 79.7 Å². The zero-order chi connectivity index (χ0) is 9.84. The van der Waals surface area contributed by atoms with Crippen LogP contribution in [-0.4, -0.2) is 17.5 Å². The maximum absolute atomic E-state index is 12.0. The van der Waals surface area contributed by atoms with E-state index in [4.69, 9.17) is 17.3 Å². The van der Waals surface area contributed by atoms with E-state index >= 15 is 0 Å². The van der Waals surface area contributed by atoms with Gasteiger partial charge in [-0.05, 0) is 24.1 Å². The molecule has 1 rings (SSSR count). The van der Waals surface area contributed by atoms with E-state index in [-0.39, 0.29) is 6.42 Å². The van der Waals surface area contributed by atoms with E-state index in [1.54, 1.807) is 6.07 Å². The molecular formula is C8H9ClF2N2. The molecule has 0 aliphatic heterocycles. The summed E-state index contributed by atoms with van der Waals surface area (Å²) in [5, 5.41) is 0.291. The molecule has 1 aromatic heterocycles. The number of nitrogens with two attached hydrogens (primary N) is 1. The molecule has 0 saturated carbocycles. The minimum absolute atomic E-state index is 0.111. The van der Waals surface area contributed by atoms with Gasteiger partial charge < -0.3 is 5.73 Å². The molecule has 0 saturated heterocycles. The number of pyridine rings is 1. The van der Waals surface area contributed by atoms with Gasteiger partial charge in [0.25, 0.3) is 6.43 Å². The largest absolute Gasteiger partial charge is 0.323 e. The number of nitrogens with zero attached hydrogens (tertiary/aromatic N) is 1. The van der Waals surface area contributed by atoms with Crippen molar-refractivity contribution in [3.05, 3.63) is 29.0 Å². The first kappa shape index (κ1) is 10.3. The molecule has 0 aliphatic carbocycles. The van der Waals surface area contributed by atoms with Gasteiger partial charge in [-0.1, -0.05) is 11.6 Å². The van der Waals surface area contributed by atoms with Crippen LogP contribution in [0.5, 0.6) is 0 Å². The molecule has 0 amide bonds. The molecule has 2 N–H and O–H groups in total. The maximum atomic E-state index is 12.0. The molecule has 1 aromatic rings. The fourth-order valence-corrected chi connectivity index (χ4v) is 1.13. The Morgan fingerprint density at radius 3 is 2.77 bits per heavy atom. The second kappa shape index (κ2) is 4.48. The lowest BCUT2D eigenvalue weighted by molar-refractivity contribution is 0.116. The Kier molecular flexibility index (Phi) is 3.57. The summed E-state index contributed by atoms with van der Waals surface area (Å²) in [5.41, 5.74) is 5.86. The highest BCUT2D eigenvalue weighted by atomic mass is 35.5. The van der Waals surface area contributed by atoms with E-state index in [1.165, 1.54) is 12.3 Å². The second-order valence-corrected chi connectivity index (χ2v) is 3.08. The molecule has 72 valence electrons. The van der Waals surface area contributed by atoms with Crippen LogP contribution in [0.2, 0.25) is 5.15 Å². The van der Waals surface area contributed by atoms with E-state index in [9.17, 15) is 8.78 Å². The fourth-order valence-electron chi connectivity index (χ4n) is 0.931. The van der Waals surface area contributed by atoms with Crippen molar-refractivity contribution in [3.8, 4) is 0 Å². The van der Waals surface area contributed by atoms with Gasteiger partial charge in [0.2, 0.25) is 0 Å². The van der Waals surface area contributed by atoms with Crippen molar-refractivity contribution in [3.63, 3.8) is 0 Å². The molecule has 2 nitrogen and oxygen atoms in total. The van der Waals surface area contributed by atoms with Gasteiger partial charge in [-0.2, -0.15) is 0 Å². The topological polar surface area (TPSA) is 38.9 Å². The first-order valence-corrected chi connectivity index (χ1v) is 4.11. The fraction of sp³-hybridized carbons (Fsp3) is 0.375. The van der Waals surface area contributed by atoms with Crippen molar-refractivity contribution >= 4 is 11.6 Å². The summed E-state index contributed by atoms with van der Waals surface area (Å²) in [6.07, 6.45) is -0.928. The van der Waals surface area contributed by atoms with Gasteiger partial charge in [0.15, 0.2) is 0 Å². The maximum Gasteiger partial charge on any atom is 0.253 e. The lowest BCUT2D eigenvalue weighted by atomic mass is 10.1. The molecule has 1 atom stereocenters. The average molecular weight is 207 g/mol. The highest BCUT2D eigenvalue weighted by Crippen LogP contribution is 2.11. The molecule has 5 heteroatoms. The summed E-state index contributed by atoms with van der Waals surface area (Å²) in [6.45, 7) is 0. The Morgan fingerprint density at radius 2 is 2.23 bits per heavy atom. The molecule has 0 aliphatic rings. The van der Waals surface area contributed by atoms with Crippen molar-refractivity contribution in [2.45, 2.75) is 18.9 Å². The summed E-state index contributed by atoms with van der Waals surface area (Å²) < 4.78 is 24.1. The lowest BCUT2D eigenvalue weighted by Crippen LogP contribution is -2.30. The minimum Gasteiger partial charge on any atom is -0.323 e. The SMILES string of the molecule is NC(Cc1ccnc(Cl)c1)C(F)F. The molecular weight excluding hydrogens is 198 g/mol. The summed E-state index contributed by atoms with van der Waals surface area (Å²) in [4.78, 5) is 3.73. The molecule has 0 radical (unpaired) electrons. The smallest absolute Gasteiger partial charge is 0.253 e. The molecule has 0 fully saturated rings. The van der Waals surface area contributed by atoms with Crippen molar-refractivity contribution in [2.24, 2.45) is 5.73 Å². The van der Waals surface area contributed by atoms with Crippen molar-refractivity contribution in [1.29, 1.82) is 0 Å². The van der Waals surface area contributed by atoms with E-state index in [0.29, 0.717) is 10.7 Å². The van der Waals surface area contributed by atoms with Crippen molar-refractivity contribution in [2.75, 3.05) is 0 Å². The molecule has 13 heavy (non-hydrogen) atoms. The second-order valence-electron chi connectivity index (χ2n) is 2.69. The summed E-state index contributed by atoms with van der Waals surface area (Å²) in [5.74, 6) is 0. The summed E-state index contributed by atoms with van der Waals surface area (Å²) in [7, 11) is 0. The minimum atomic E-state index is -2.51. The third kappa shape index (κ3) is 3.24. The van der Waals surface area contributed by atoms with Gasteiger partial charge in [0.1, 0.15) is 5.15 Å². The average Bonchev–Trinajstić information content (AvgIpc) is 2.04. The Bertz CT molecular complexity index is 281. The summed E-state index contributed by atoms with van der Waals surface area (Å²) in [6, 6.07) is 2.01. The monoisotopic (exact) mass is 206 g/mol. The Hall–Kier alpha value is -0.740. The molecule has 1 heterocycles. The van der Waals surface area contributed by atoms with E-state index in [0.717, 1.165) is 0 Å². The van der Waals surface area contributed by atoms with E-state index in [1.807, 2.05) is 0 Å². The number of alkyl halides is 2. The van der Waals surface area contributed by atoms with Crippen LogP contribution in [0.25, 0.3) is 0 Å². The van der Waals surface area contributed by atoms with Crippen molar-refractivity contribution < 1.29 is 8.78 Å². The Balaban J connectivity index is 2.64. The van der Waals surface area contributed by atoms with Gasteiger partial charge in [0, 0.05) is 6.20 Å². The normalized spacial score (nSPS) is 13.3. The quantitative estimate of drug-likeness (QED) is 0.767. The predicted molar refractivity (Wildman–Crippen MR) is 46.9 cm³/mol. The standard InChI is InChI=1S/C8H9ClF2N2/c9-7-4-5(1-2-13-7)3-6(12)8(10)11/h1-2,4,6,8H,3,12H2. The zero-order valence-electron chi connectivity index (χ0n) is 6.75. The number of hydrogen-bond acceptors (Lipinski definition) is 2. The van der Waals surface area contributed by atoms with Crippen molar-refractivity contribution in [1.82, 2.24) is 4.98 Å². The Morgan fingerprint density at radius 1 is 1.54 bits per heavy atom. The van der Waals surface area contributed by atoms with Crippen LogP contribution < -0.4 is 5.73 Å². The van der Waals surface area contributed by atoms with Crippen LogP contribution in [0, 0.1) is 0 Å². The third-order valence-electron chi connectivity index (χ3n) is 1.59. The number of rotatable bonds is 3. The first-order valence-electron chi connectivity index (χ1n) is 3.74. The highest BCUT2D eigenvalue weighted by molar-refractivity contribution is 6.29. The molecule has 0 bridgehead atoms. The molecule has 1 unspecified atom stereocenters. The third-order valence-corrected chi connectivity index (χ3v) is 1.79. The number of aromatic nitrogens is 1. The highest BCUT2D eigenvalue weighted by Gasteiger charge is 2.15. The molecule has 0 spiro atoms. The van der Waals surface area contributed by atoms with Gasteiger partial charge in [-0.3, -0.25) is 0 Å². The molecule has 0 aromatic carbocycles. The van der Waals surface area contributed by atoms with Gasteiger partial charge in [0.05, 0.1) is 6.04 Å². The van der Waals surface area contributed by atoms with Gasteiger partial charge in [-0.25, -0.2) is 13.8 Å². The summed E-state index contributed by atoms with van der Waals surface area (Å²) >= 11 is 5.57. The van der Waals surface area contributed by atoms with Crippen LogP contribution in [-0.2, 0) is 6.42 Å². The zero-order valence-corrected chi connectivity index (χ0v) is 7.51. The van der Waals surface area contributed by atoms with Crippen LogP contribution in [0.1, 0.15) is 5.56 Å². The van der Waals surface area contributed by atoms with Crippen LogP contribution >= 0.6 is 11.6 Å². The van der Waals surface area contributed by atoms with Crippen LogP contribution in [0.3, 0.4) is 0 Å². The van der Waals surface area contributed by atoms with Crippen LogP contribution in [0.15, 0.2) is 18.3 Å². The number of hydrogen-bond donors (Lipinski definition) is 1. The number of halogens is 3. The first-order chi connectivity index (χ1) is 6.09. The van der Waals surface area contributed by atoms with Gasteiger partial charge >= 0.3 is 0 Å². The van der Waals surface area contributed by atoms with Crippen LogP contribution in [0.4, 0.5) is 8.78 Å². The van der Waals surface area contributed by atoms with E-state index in [2.05, 4.69) is 4.98 Å². The van der Waals surface area contributed by atoms with E-state index < -0.39 is 12.5 Å². The lowest BCUT2D eigenvalue weighted by Gasteiger charge is -2.09.